The van der Waals surface area contributed by atoms with Crippen molar-refractivity contribution in [2.45, 2.75) is 37.8 Å². The Balaban J connectivity index is 1.84. The molecular weight excluding hydrogens is 311 g/mol. The maximum absolute atomic E-state index is 12.8. The third kappa shape index (κ3) is 5.61. The van der Waals surface area contributed by atoms with Crippen LogP contribution in [0.2, 0.25) is 0 Å². The lowest BCUT2D eigenvalue weighted by molar-refractivity contribution is 0.0793. The molecule has 0 heterocycles. The van der Waals surface area contributed by atoms with E-state index in [0.29, 0.717) is 18.5 Å². The fourth-order valence-electron chi connectivity index (χ4n) is 2.49. The predicted octanol–water partition coefficient (Wildman–Crippen LogP) is 2.23. The van der Waals surface area contributed by atoms with Crippen molar-refractivity contribution in [2.24, 2.45) is 0 Å². The van der Waals surface area contributed by atoms with Crippen LogP contribution in [0.4, 0.5) is 14.9 Å². The quantitative estimate of drug-likeness (QED) is 0.887. The second kappa shape index (κ2) is 7.06. The van der Waals surface area contributed by atoms with Crippen molar-refractivity contribution in [3.05, 3.63) is 30.1 Å². The number of carbonyl (C=O) groups excluding carboxylic acids is 1. The van der Waals surface area contributed by atoms with Gasteiger partial charge in [-0.1, -0.05) is 0 Å². The molecule has 1 aliphatic carbocycles. The standard InChI is InChI=1S/C14H19FN2O4S/c1-22(19,20)17-12-3-2-4-13(9-12)21-14(18)16-11-7-5-10(15)6-8-11/h5-8,12-13,17H,2-4,9H2,1H3,(H,16,18)/t12-,13+/m1/s1. The summed E-state index contributed by atoms with van der Waals surface area (Å²) in [5.41, 5.74) is 0.438. The van der Waals surface area contributed by atoms with Gasteiger partial charge in [0.05, 0.1) is 6.26 Å². The van der Waals surface area contributed by atoms with Gasteiger partial charge in [0.15, 0.2) is 0 Å². The summed E-state index contributed by atoms with van der Waals surface area (Å²) in [6, 6.07) is 5.13. The van der Waals surface area contributed by atoms with Gasteiger partial charge in [-0.05, 0) is 43.5 Å². The summed E-state index contributed by atoms with van der Waals surface area (Å²) >= 11 is 0. The molecule has 1 fully saturated rings. The van der Waals surface area contributed by atoms with E-state index in [2.05, 4.69) is 10.0 Å². The summed E-state index contributed by atoms with van der Waals surface area (Å²) in [4.78, 5) is 11.8. The lowest BCUT2D eigenvalue weighted by Gasteiger charge is -2.28. The van der Waals surface area contributed by atoms with E-state index in [1.54, 1.807) is 0 Å². The lowest BCUT2D eigenvalue weighted by Crippen LogP contribution is -2.40. The highest BCUT2D eigenvalue weighted by Gasteiger charge is 2.26. The Labute approximate surface area is 129 Å². The molecule has 0 saturated heterocycles. The first kappa shape index (κ1) is 16.7. The average Bonchev–Trinajstić information content (AvgIpc) is 2.40. The van der Waals surface area contributed by atoms with Gasteiger partial charge in [0.25, 0.3) is 0 Å². The zero-order chi connectivity index (χ0) is 16.2. The molecular formula is C14H19FN2O4S. The zero-order valence-corrected chi connectivity index (χ0v) is 13.0. The Morgan fingerprint density at radius 1 is 1.27 bits per heavy atom. The minimum absolute atomic E-state index is 0.215. The van der Waals surface area contributed by atoms with E-state index in [-0.39, 0.29) is 18.0 Å². The molecule has 22 heavy (non-hydrogen) atoms. The number of halogens is 1. The molecule has 2 rings (SSSR count). The molecule has 8 heteroatoms. The molecule has 2 N–H and O–H groups in total. The van der Waals surface area contributed by atoms with Crippen molar-refractivity contribution >= 4 is 21.8 Å². The number of anilines is 1. The molecule has 0 spiro atoms. The molecule has 1 saturated carbocycles. The summed E-state index contributed by atoms with van der Waals surface area (Å²) < 4.78 is 43.1. The lowest BCUT2D eigenvalue weighted by atomic mass is 9.94. The van der Waals surface area contributed by atoms with Gasteiger partial charge in [-0.15, -0.1) is 0 Å². The largest absolute Gasteiger partial charge is 0.446 e. The van der Waals surface area contributed by atoms with E-state index in [0.717, 1.165) is 19.1 Å². The van der Waals surface area contributed by atoms with Crippen LogP contribution in [0.5, 0.6) is 0 Å². The smallest absolute Gasteiger partial charge is 0.411 e. The first-order valence-corrected chi connectivity index (χ1v) is 8.91. The minimum Gasteiger partial charge on any atom is -0.446 e. The highest BCUT2D eigenvalue weighted by Crippen LogP contribution is 2.22. The third-order valence-electron chi connectivity index (χ3n) is 3.37. The summed E-state index contributed by atoms with van der Waals surface area (Å²) in [6.45, 7) is 0. The van der Waals surface area contributed by atoms with E-state index >= 15 is 0 Å². The Kier molecular flexibility index (Phi) is 5.36. The second-order valence-corrected chi connectivity index (χ2v) is 7.19. The van der Waals surface area contributed by atoms with Gasteiger partial charge in [0.2, 0.25) is 10.0 Å². The van der Waals surface area contributed by atoms with Gasteiger partial charge >= 0.3 is 6.09 Å². The maximum atomic E-state index is 12.8. The van der Waals surface area contributed by atoms with Gasteiger partial charge in [-0.25, -0.2) is 22.3 Å². The van der Waals surface area contributed by atoms with E-state index in [1.807, 2.05) is 0 Å². The van der Waals surface area contributed by atoms with Crippen LogP contribution in [0.15, 0.2) is 24.3 Å². The maximum Gasteiger partial charge on any atom is 0.411 e. The van der Waals surface area contributed by atoms with Crippen LogP contribution >= 0.6 is 0 Å². The number of rotatable bonds is 4. The summed E-state index contributed by atoms with van der Waals surface area (Å²) in [5.74, 6) is -0.388. The van der Waals surface area contributed by atoms with E-state index in [1.165, 1.54) is 24.3 Å². The molecule has 0 aliphatic heterocycles. The third-order valence-corrected chi connectivity index (χ3v) is 4.13. The number of hydrogen-bond acceptors (Lipinski definition) is 4. The zero-order valence-electron chi connectivity index (χ0n) is 12.2. The first-order valence-electron chi connectivity index (χ1n) is 7.02. The van der Waals surface area contributed by atoms with Crippen LogP contribution in [0, 0.1) is 5.82 Å². The van der Waals surface area contributed by atoms with Gasteiger partial charge in [0, 0.05) is 18.2 Å². The molecule has 1 amide bonds. The van der Waals surface area contributed by atoms with Crippen molar-refractivity contribution < 1.29 is 22.3 Å². The molecule has 0 aromatic heterocycles. The summed E-state index contributed by atoms with van der Waals surface area (Å²) in [5, 5.41) is 2.51. The Morgan fingerprint density at radius 2 is 1.95 bits per heavy atom. The molecule has 6 nitrogen and oxygen atoms in total. The fraction of sp³-hybridized carbons (Fsp3) is 0.500. The van der Waals surface area contributed by atoms with Crippen LogP contribution in [0.25, 0.3) is 0 Å². The van der Waals surface area contributed by atoms with Gasteiger partial charge in [-0.3, -0.25) is 5.32 Å². The Bertz CT molecular complexity index is 618. The molecule has 1 aromatic carbocycles. The molecule has 0 radical (unpaired) electrons. The van der Waals surface area contributed by atoms with Gasteiger partial charge in [-0.2, -0.15) is 0 Å². The number of hydrogen-bond donors (Lipinski definition) is 2. The van der Waals surface area contributed by atoms with E-state index < -0.39 is 16.1 Å². The number of nitrogens with one attached hydrogen (secondary N) is 2. The van der Waals surface area contributed by atoms with Crippen molar-refractivity contribution in [1.82, 2.24) is 4.72 Å². The highest BCUT2D eigenvalue weighted by atomic mass is 32.2. The van der Waals surface area contributed by atoms with Gasteiger partial charge in [0.1, 0.15) is 11.9 Å². The predicted molar refractivity (Wildman–Crippen MR) is 80.5 cm³/mol. The summed E-state index contributed by atoms with van der Waals surface area (Å²) in [7, 11) is -3.27. The number of carbonyl (C=O) groups is 1. The van der Waals surface area contributed by atoms with Crippen LogP contribution in [0.1, 0.15) is 25.7 Å². The molecule has 1 aromatic rings. The van der Waals surface area contributed by atoms with Crippen LogP contribution in [-0.4, -0.2) is 32.9 Å². The van der Waals surface area contributed by atoms with E-state index in [9.17, 15) is 17.6 Å². The van der Waals surface area contributed by atoms with Gasteiger partial charge < -0.3 is 4.74 Å². The normalized spacial score (nSPS) is 22.1. The molecule has 2 atom stereocenters. The van der Waals surface area contributed by atoms with E-state index in [4.69, 9.17) is 4.74 Å². The topological polar surface area (TPSA) is 84.5 Å². The number of sulfonamides is 1. The molecule has 0 bridgehead atoms. The van der Waals surface area contributed by atoms with Crippen molar-refractivity contribution in [3.63, 3.8) is 0 Å². The van der Waals surface area contributed by atoms with Crippen molar-refractivity contribution in [1.29, 1.82) is 0 Å². The van der Waals surface area contributed by atoms with Crippen LogP contribution < -0.4 is 10.0 Å². The second-order valence-electron chi connectivity index (χ2n) is 5.41. The van der Waals surface area contributed by atoms with Crippen LogP contribution in [0.3, 0.4) is 0 Å². The molecule has 1 aliphatic rings. The van der Waals surface area contributed by atoms with Crippen molar-refractivity contribution in [3.8, 4) is 0 Å². The Hall–Kier alpha value is -1.67. The molecule has 0 unspecified atom stereocenters. The SMILES string of the molecule is CS(=O)(=O)N[C@@H]1CCC[C@H](OC(=O)Nc2ccc(F)cc2)C1. The molecule has 122 valence electrons. The highest BCUT2D eigenvalue weighted by molar-refractivity contribution is 7.88. The average molecular weight is 330 g/mol. The number of benzene rings is 1. The Morgan fingerprint density at radius 3 is 2.59 bits per heavy atom. The number of amides is 1. The monoisotopic (exact) mass is 330 g/mol. The minimum atomic E-state index is -3.27. The first-order chi connectivity index (χ1) is 10.3. The number of ether oxygens (including phenoxy) is 1. The van der Waals surface area contributed by atoms with Crippen molar-refractivity contribution in [2.75, 3.05) is 11.6 Å². The fourth-order valence-corrected chi connectivity index (χ4v) is 3.31. The van der Waals surface area contributed by atoms with Crippen LogP contribution in [-0.2, 0) is 14.8 Å². The summed E-state index contributed by atoms with van der Waals surface area (Å²) in [6.07, 6.45) is 2.79.